The van der Waals surface area contributed by atoms with Gasteiger partial charge in [-0.2, -0.15) is 0 Å². The van der Waals surface area contributed by atoms with Crippen molar-refractivity contribution in [3.63, 3.8) is 0 Å². The molecule has 2 rings (SSSR count). The standard InChI is InChI=1S/C13H20N4O2S/c1-4-19-12(18)10-9-14-13(20-3)15-11(10)17-7-5-16(2)6-8-17/h9H,4-8H2,1-3H3. The van der Waals surface area contributed by atoms with Crippen molar-refractivity contribution in [2.75, 3.05) is 51.0 Å². The van der Waals surface area contributed by atoms with Gasteiger partial charge in [0.15, 0.2) is 5.16 Å². The molecule has 6 nitrogen and oxygen atoms in total. The molecule has 1 aliphatic heterocycles. The lowest BCUT2D eigenvalue weighted by Crippen LogP contribution is -2.45. The van der Waals surface area contributed by atoms with E-state index in [0.29, 0.717) is 23.1 Å². The molecule has 0 aromatic carbocycles. The van der Waals surface area contributed by atoms with E-state index in [1.54, 1.807) is 13.1 Å². The van der Waals surface area contributed by atoms with Crippen LogP contribution in [0.25, 0.3) is 0 Å². The average molecular weight is 296 g/mol. The van der Waals surface area contributed by atoms with Crippen molar-refractivity contribution < 1.29 is 9.53 Å². The van der Waals surface area contributed by atoms with Gasteiger partial charge in [-0.1, -0.05) is 11.8 Å². The minimum Gasteiger partial charge on any atom is -0.462 e. The molecular formula is C13H20N4O2S. The summed E-state index contributed by atoms with van der Waals surface area (Å²) in [6, 6.07) is 0. The monoisotopic (exact) mass is 296 g/mol. The van der Waals surface area contributed by atoms with Crippen molar-refractivity contribution in [1.82, 2.24) is 14.9 Å². The maximum absolute atomic E-state index is 12.0. The number of piperazine rings is 1. The van der Waals surface area contributed by atoms with Crippen LogP contribution < -0.4 is 4.90 Å². The molecule has 0 N–H and O–H groups in total. The number of anilines is 1. The highest BCUT2D eigenvalue weighted by Crippen LogP contribution is 2.22. The van der Waals surface area contributed by atoms with Gasteiger partial charge in [-0.25, -0.2) is 14.8 Å². The molecule has 110 valence electrons. The second kappa shape index (κ2) is 6.90. The first-order valence-corrected chi connectivity index (χ1v) is 7.89. The normalized spacial score (nSPS) is 16.2. The van der Waals surface area contributed by atoms with Crippen molar-refractivity contribution in [2.24, 2.45) is 0 Å². The Morgan fingerprint density at radius 3 is 2.70 bits per heavy atom. The van der Waals surface area contributed by atoms with Gasteiger partial charge in [0, 0.05) is 32.4 Å². The summed E-state index contributed by atoms with van der Waals surface area (Å²) >= 11 is 1.47. The van der Waals surface area contributed by atoms with E-state index in [9.17, 15) is 4.79 Å². The van der Waals surface area contributed by atoms with E-state index in [2.05, 4.69) is 26.8 Å². The van der Waals surface area contributed by atoms with Crippen LogP contribution in [-0.2, 0) is 4.74 Å². The third-order valence-electron chi connectivity index (χ3n) is 3.23. The van der Waals surface area contributed by atoms with E-state index >= 15 is 0 Å². The number of esters is 1. The van der Waals surface area contributed by atoms with Crippen LogP contribution in [0.5, 0.6) is 0 Å². The Hall–Kier alpha value is -1.34. The van der Waals surface area contributed by atoms with Gasteiger partial charge in [0.2, 0.25) is 0 Å². The number of hydrogen-bond acceptors (Lipinski definition) is 7. The maximum atomic E-state index is 12.0. The summed E-state index contributed by atoms with van der Waals surface area (Å²) in [6.45, 7) is 5.78. The molecule has 0 bridgehead atoms. The highest BCUT2D eigenvalue weighted by Gasteiger charge is 2.23. The third-order valence-corrected chi connectivity index (χ3v) is 3.79. The van der Waals surface area contributed by atoms with Crippen LogP contribution in [-0.4, -0.2) is 66.9 Å². The lowest BCUT2D eigenvalue weighted by atomic mass is 10.2. The predicted octanol–water partition coefficient (Wildman–Crippen LogP) is 1.13. The number of hydrogen-bond donors (Lipinski definition) is 0. The highest BCUT2D eigenvalue weighted by atomic mass is 32.2. The van der Waals surface area contributed by atoms with Gasteiger partial charge in [0.1, 0.15) is 11.4 Å². The van der Waals surface area contributed by atoms with E-state index in [1.165, 1.54) is 11.8 Å². The summed E-state index contributed by atoms with van der Waals surface area (Å²) in [5.41, 5.74) is 0.453. The largest absolute Gasteiger partial charge is 0.462 e. The van der Waals surface area contributed by atoms with E-state index in [-0.39, 0.29) is 5.97 Å². The van der Waals surface area contributed by atoms with Crippen LogP contribution in [0, 0.1) is 0 Å². The van der Waals surface area contributed by atoms with Crippen LogP contribution in [0.4, 0.5) is 5.82 Å². The number of likely N-dealkylation sites (N-methyl/N-ethyl adjacent to an activating group) is 1. The summed E-state index contributed by atoms with van der Waals surface area (Å²) in [5, 5.41) is 0.673. The Balaban J connectivity index is 2.29. The van der Waals surface area contributed by atoms with Gasteiger partial charge in [-0.05, 0) is 20.2 Å². The number of thioether (sulfide) groups is 1. The Bertz CT molecular complexity index is 475. The maximum Gasteiger partial charge on any atom is 0.343 e. The molecule has 2 heterocycles. The van der Waals surface area contributed by atoms with E-state index in [4.69, 9.17) is 4.74 Å². The molecule has 20 heavy (non-hydrogen) atoms. The molecule has 1 saturated heterocycles. The van der Waals surface area contributed by atoms with Crippen molar-refractivity contribution in [2.45, 2.75) is 12.1 Å². The number of carbonyl (C=O) groups is 1. The molecule has 0 amide bonds. The molecule has 1 aliphatic rings. The number of rotatable bonds is 4. The van der Waals surface area contributed by atoms with Gasteiger partial charge in [-0.15, -0.1) is 0 Å². The van der Waals surface area contributed by atoms with Gasteiger partial charge in [0.25, 0.3) is 0 Å². The summed E-state index contributed by atoms with van der Waals surface area (Å²) in [7, 11) is 2.09. The number of aromatic nitrogens is 2. The summed E-state index contributed by atoms with van der Waals surface area (Å²) < 4.78 is 5.09. The van der Waals surface area contributed by atoms with Crippen LogP contribution in [0.1, 0.15) is 17.3 Å². The second-order valence-electron chi connectivity index (χ2n) is 4.60. The minimum atomic E-state index is -0.353. The average Bonchev–Trinajstić information content (AvgIpc) is 2.47. The summed E-state index contributed by atoms with van der Waals surface area (Å²) in [5.74, 6) is 0.338. The van der Waals surface area contributed by atoms with Crippen LogP contribution >= 0.6 is 11.8 Å². The van der Waals surface area contributed by atoms with E-state index < -0.39 is 0 Å². The molecule has 0 unspecified atom stereocenters. The quantitative estimate of drug-likeness (QED) is 0.469. The van der Waals surface area contributed by atoms with Crippen molar-refractivity contribution >= 4 is 23.5 Å². The van der Waals surface area contributed by atoms with Crippen LogP contribution in [0.15, 0.2) is 11.4 Å². The van der Waals surface area contributed by atoms with E-state index in [0.717, 1.165) is 26.2 Å². The number of ether oxygens (including phenoxy) is 1. The van der Waals surface area contributed by atoms with Gasteiger partial charge in [0.05, 0.1) is 6.61 Å². The second-order valence-corrected chi connectivity index (χ2v) is 5.38. The Labute approximate surface area is 123 Å². The molecule has 1 aromatic heterocycles. The smallest absolute Gasteiger partial charge is 0.343 e. The Morgan fingerprint density at radius 1 is 1.40 bits per heavy atom. The van der Waals surface area contributed by atoms with Gasteiger partial charge >= 0.3 is 5.97 Å². The first-order chi connectivity index (χ1) is 9.65. The molecule has 0 spiro atoms. The summed E-state index contributed by atoms with van der Waals surface area (Å²) in [4.78, 5) is 25.1. The fourth-order valence-corrected chi connectivity index (χ4v) is 2.40. The SMILES string of the molecule is CCOC(=O)c1cnc(SC)nc1N1CCN(C)CC1. The molecule has 1 fully saturated rings. The molecule has 0 aliphatic carbocycles. The van der Waals surface area contributed by atoms with Gasteiger partial charge in [-0.3, -0.25) is 0 Å². The molecule has 0 atom stereocenters. The van der Waals surface area contributed by atoms with Crippen molar-refractivity contribution in [1.29, 1.82) is 0 Å². The number of nitrogens with zero attached hydrogens (tertiary/aromatic N) is 4. The third kappa shape index (κ3) is 3.40. The fourth-order valence-electron chi connectivity index (χ4n) is 2.07. The zero-order chi connectivity index (χ0) is 14.5. The first-order valence-electron chi connectivity index (χ1n) is 6.67. The van der Waals surface area contributed by atoms with Crippen LogP contribution in [0.2, 0.25) is 0 Å². The minimum absolute atomic E-state index is 0.352. The lowest BCUT2D eigenvalue weighted by molar-refractivity contribution is 0.0525. The Kier molecular flexibility index (Phi) is 5.19. The lowest BCUT2D eigenvalue weighted by Gasteiger charge is -2.33. The molecule has 0 saturated carbocycles. The molecular weight excluding hydrogens is 276 g/mol. The molecule has 0 radical (unpaired) electrons. The zero-order valence-corrected chi connectivity index (χ0v) is 12.9. The first kappa shape index (κ1) is 15.1. The summed E-state index contributed by atoms with van der Waals surface area (Å²) in [6.07, 6.45) is 3.50. The van der Waals surface area contributed by atoms with E-state index in [1.807, 2.05) is 6.26 Å². The molecule has 7 heteroatoms. The topological polar surface area (TPSA) is 58.6 Å². The fraction of sp³-hybridized carbons (Fsp3) is 0.615. The highest BCUT2D eigenvalue weighted by molar-refractivity contribution is 7.98. The Morgan fingerprint density at radius 2 is 2.10 bits per heavy atom. The van der Waals surface area contributed by atoms with Gasteiger partial charge < -0.3 is 14.5 Å². The van der Waals surface area contributed by atoms with Crippen molar-refractivity contribution in [3.05, 3.63) is 11.8 Å². The molecule has 1 aromatic rings. The van der Waals surface area contributed by atoms with Crippen LogP contribution in [0.3, 0.4) is 0 Å². The predicted molar refractivity (Wildman–Crippen MR) is 79.5 cm³/mol. The van der Waals surface area contributed by atoms with Crippen molar-refractivity contribution in [3.8, 4) is 0 Å². The zero-order valence-electron chi connectivity index (χ0n) is 12.1. The number of carbonyl (C=O) groups excluding carboxylic acids is 1.